The minimum Gasteiger partial charge on any atom is -0.497 e. The van der Waals surface area contributed by atoms with Crippen molar-refractivity contribution in [1.29, 1.82) is 0 Å². The van der Waals surface area contributed by atoms with Crippen molar-refractivity contribution in [3.63, 3.8) is 0 Å². The molecule has 1 atom stereocenters. The Bertz CT molecular complexity index is 396. The number of ether oxygens (including phenoxy) is 2. The fourth-order valence-electron chi connectivity index (χ4n) is 1.65. The standard InChI is InChI=1S/C14H19NO2/c1-5-6-9-15-11(2)13-10-12(16-3)7-8-14(13)17-4/h1,7-8,10-11,15H,6,9H2,2-4H3. The summed E-state index contributed by atoms with van der Waals surface area (Å²) in [5, 5.41) is 3.35. The minimum absolute atomic E-state index is 0.174. The van der Waals surface area contributed by atoms with E-state index in [1.54, 1.807) is 14.2 Å². The van der Waals surface area contributed by atoms with Gasteiger partial charge in [0.1, 0.15) is 11.5 Å². The average Bonchev–Trinajstić information content (AvgIpc) is 2.38. The van der Waals surface area contributed by atoms with Crippen LogP contribution in [0.1, 0.15) is 24.9 Å². The molecule has 92 valence electrons. The molecule has 0 aliphatic heterocycles. The molecule has 1 unspecified atom stereocenters. The van der Waals surface area contributed by atoms with E-state index in [1.807, 2.05) is 18.2 Å². The van der Waals surface area contributed by atoms with Crippen molar-refractivity contribution in [2.45, 2.75) is 19.4 Å². The molecule has 0 heterocycles. The van der Waals surface area contributed by atoms with Crippen molar-refractivity contribution in [2.24, 2.45) is 0 Å². The van der Waals surface area contributed by atoms with Crippen LogP contribution in [0.2, 0.25) is 0 Å². The molecule has 1 N–H and O–H groups in total. The normalized spacial score (nSPS) is 11.6. The third-order valence-electron chi connectivity index (χ3n) is 2.62. The minimum atomic E-state index is 0.174. The van der Waals surface area contributed by atoms with Crippen LogP contribution >= 0.6 is 0 Å². The van der Waals surface area contributed by atoms with Gasteiger partial charge in [0, 0.05) is 24.6 Å². The molecule has 1 aromatic carbocycles. The third kappa shape index (κ3) is 3.69. The summed E-state index contributed by atoms with van der Waals surface area (Å²) in [5.41, 5.74) is 1.07. The van der Waals surface area contributed by atoms with Crippen molar-refractivity contribution in [3.05, 3.63) is 23.8 Å². The van der Waals surface area contributed by atoms with E-state index in [-0.39, 0.29) is 6.04 Å². The molecule has 0 bridgehead atoms. The summed E-state index contributed by atoms with van der Waals surface area (Å²) in [7, 11) is 3.32. The molecule has 3 nitrogen and oxygen atoms in total. The predicted molar refractivity (Wildman–Crippen MR) is 69.4 cm³/mol. The van der Waals surface area contributed by atoms with Gasteiger partial charge in [0.05, 0.1) is 14.2 Å². The van der Waals surface area contributed by atoms with Gasteiger partial charge in [0.25, 0.3) is 0 Å². The summed E-state index contributed by atoms with van der Waals surface area (Å²) < 4.78 is 10.6. The van der Waals surface area contributed by atoms with Gasteiger partial charge in [0.2, 0.25) is 0 Å². The van der Waals surface area contributed by atoms with E-state index in [0.29, 0.717) is 0 Å². The summed E-state index contributed by atoms with van der Waals surface area (Å²) in [5.74, 6) is 4.29. The molecule has 17 heavy (non-hydrogen) atoms. The topological polar surface area (TPSA) is 30.5 Å². The van der Waals surface area contributed by atoms with Crippen LogP contribution in [-0.4, -0.2) is 20.8 Å². The lowest BCUT2D eigenvalue weighted by Gasteiger charge is -2.17. The molecule has 0 aliphatic carbocycles. The van der Waals surface area contributed by atoms with Crippen LogP contribution in [0, 0.1) is 12.3 Å². The maximum Gasteiger partial charge on any atom is 0.123 e. The first-order chi connectivity index (χ1) is 8.22. The van der Waals surface area contributed by atoms with Crippen LogP contribution in [0.3, 0.4) is 0 Å². The van der Waals surface area contributed by atoms with E-state index >= 15 is 0 Å². The smallest absolute Gasteiger partial charge is 0.123 e. The highest BCUT2D eigenvalue weighted by molar-refractivity contribution is 5.42. The molecular formula is C14H19NO2. The van der Waals surface area contributed by atoms with Gasteiger partial charge >= 0.3 is 0 Å². The van der Waals surface area contributed by atoms with Crippen molar-refractivity contribution >= 4 is 0 Å². The zero-order valence-corrected chi connectivity index (χ0v) is 10.6. The number of rotatable bonds is 6. The zero-order chi connectivity index (χ0) is 12.7. The monoisotopic (exact) mass is 233 g/mol. The van der Waals surface area contributed by atoms with E-state index < -0.39 is 0 Å². The second-order valence-corrected chi connectivity index (χ2v) is 3.74. The molecule has 0 saturated carbocycles. The van der Waals surface area contributed by atoms with Crippen LogP contribution in [0.5, 0.6) is 11.5 Å². The quantitative estimate of drug-likeness (QED) is 0.604. The molecule has 0 radical (unpaired) electrons. The number of benzene rings is 1. The van der Waals surface area contributed by atoms with Gasteiger partial charge in [-0.1, -0.05) is 0 Å². The maximum absolute atomic E-state index is 5.34. The van der Waals surface area contributed by atoms with Crippen LogP contribution < -0.4 is 14.8 Å². The van der Waals surface area contributed by atoms with Gasteiger partial charge in [-0.05, 0) is 25.1 Å². The van der Waals surface area contributed by atoms with Crippen molar-refractivity contribution in [2.75, 3.05) is 20.8 Å². The van der Waals surface area contributed by atoms with Crippen LogP contribution in [-0.2, 0) is 0 Å². The molecule has 0 amide bonds. The SMILES string of the molecule is C#CCCNC(C)c1cc(OC)ccc1OC. The van der Waals surface area contributed by atoms with Gasteiger partial charge in [-0.15, -0.1) is 12.3 Å². The number of nitrogens with one attached hydrogen (secondary N) is 1. The molecule has 1 aromatic rings. The molecule has 0 spiro atoms. The lowest BCUT2D eigenvalue weighted by molar-refractivity contribution is 0.392. The van der Waals surface area contributed by atoms with Crippen LogP contribution in [0.25, 0.3) is 0 Å². The molecule has 0 fully saturated rings. The third-order valence-corrected chi connectivity index (χ3v) is 2.62. The number of terminal acetylenes is 1. The molecule has 1 rings (SSSR count). The largest absolute Gasteiger partial charge is 0.497 e. The van der Waals surface area contributed by atoms with E-state index in [4.69, 9.17) is 15.9 Å². The fraction of sp³-hybridized carbons (Fsp3) is 0.429. The molecule has 0 aromatic heterocycles. The van der Waals surface area contributed by atoms with E-state index in [0.717, 1.165) is 30.0 Å². The molecule has 0 aliphatic rings. The summed E-state index contributed by atoms with van der Waals surface area (Å²) in [6.07, 6.45) is 5.94. The zero-order valence-electron chi connectivity index (χ0n) is 10.6. The van der Waals surface area contributed by atoms with Gasteiger partial charge < -0.3 is 14.8 Å². The highest BCUT2D eigenvalue weighted by atomic mass is 16.5. The fourth-order valence-corrected chi connectivity index (χ4v) is 1.65. The van der Waals surface area contributed by atoms with Gasteiger partial charge in [-0.25, -0.2) is 0 Å². The lowest BCUT2D eigenvalue weighted by atomic mass is 10.1. The van der Waals surface area contributed by atoms with Crippen molar-refractivity contribution in [1.82, 2.24) is 5.32 Å². The van der Waals surface area contributed by atoms with Crippen LogP contribution in [0.15, 0.2) is 18.2 Å². The number of hydrogen-bond donors (Lipinski definition) is 1. The Morgan fingerprint density at radius 1 is 1.35 bits per heavy atom. The Hall–Kier alpha value is -1.66. The highest BCUT2D eigenvalue weighted by Crippen LogP contribution is 2.28. The Kier molecular flexibility index (Phi) is 5.38. The molecule has 0 saturated heterocycles. The summed E-state index contributed by atoms with van der Waals surface area (Å²) in [6.45, 7) is 2.87. The predicted octanol–water partition coefficient (Wildman–Crippen LogP) is 2.38. The first-order valence-electron chi connectivity index (χ1n) is 5.61. The highest BCUT2D eigenvalue weighted by Gasteiger charge is 2.11. The van der Waals surface area contributed by atoms with Crippen molar-refractivity contribution < 1.29 is 9.47 Å². The summed E-state index contributed by atoms with van der Waals surface area (Å²) in [4.78, 5) is 0. The van der Waals surface area contributed by atoms with Gasteiger partial charge in [-0.2, -0.15) is 0 Å². The Morgan fingerprint density at radius 2 is 2.12 bits per heavy atom. The van der Waals surface area contributed by atoms with Crippen molar-refractivity contribution in [3.8, 4) is 23.8 Å². The molecule has 3 heteroatoms. The lowest BCUT2D eigenvalue weighted by Crippen LogP contribution is -2.20. The number of methoxy groups -OCH3 is 2. The van der Waals surface area contributed by atoms with Gasteiger partial charge in [0.15, 0.2) is 0 Å². The number of hydrogen-bond acceptors (Lipinski definition) is 3. The summed E-state index contributed by atoms with van der Waals surface area (Å²) >= 11 is 0. The summed E-state index contributed by atoms with van der Waals surface area (Å²) in [6, 6.07) is 5.95. The van der Waals surface area contributed by atoms with Crippen LogP contribution in [0.4, 0.5) is 0 Å². The maximum atomic E-state index is 5.34. The van der Waals surface area contributed by atoms with E-state index in [9.17, 15) is 0 Å². The Labute approximate surface area is 103 Å². The Morgan fingerprint density at radius 3 is 2.71 bits per heavy atom. The Balaban J connectivity index is 2.82. The molecular weight excluding hydrogens is 214 g/mol. The first-order valence-corrected chi connectivity index (χ1v) is 5.61. The average molecular weight is 233 g/mol. The van der Waals surface area contributed by atoms with E-state index in [2.05, 4.69) is 18.2 Å². The van der Waals surface area contributed by atoms with Gasteiger partial charge in [-0.3, -0.25) is 0 Å². The van der Waals surface area contributed by atoms with E-state index in [1.165, 1.54) is 0 Å². The second-order valence-electron chi connectivity index (χ2n) is 3.74. The first kappa shape index (κ1) is 13.4. The second kappa shape index (κ2) is 6.82.